The van der Waals surface area contributed by atoms with Gasteiger partial charge in [-0.05, 0) is 29.3 Å². The summed E-state index contributed by atoms with van der Waals surface area (Å²) in [5.41, 5.74) is 1.02. The Hall–Kier alpha value is -1.50. The van der Waals surface area contributed by atoms with Gasteiger partial charge in [-0.25, -0.2) is 9.97 Å². The zero-order valence-corrected chi connectivity index (χ0v) is 11.7. The fourth-order valence-electron chi connectivity index (χ4n) is 1.56. The third-order valence-electron chi connectivity index (χ3n) is 2.52. The number of aryl methyl sites for hydroxylation is 1. The van der Waals surface area contributed by atoms with Gasteiger partial charge in [0, 0.05) is 6.54 Å². The zero-order valence-electron chi connectivity index (χ0n) is 10.1. The van der Waals surface area contributed by atoms with Crippen molar-refractivity contribution in [2.24, 2.45) is 0 Å². The summed E-state index contributed by atoms with van der Waals surface area (Å²) < 4.78 is 0. The molecule has 2 aromatic rings. The highest BCUT2D eigenvalue weighted by molar-refractivity contribution is 7.07. The molecule has 5 nitrogen and oxygen atoms in total. The van der Waals surface area contributed by atoms with Crippen LogP contribution in [0, 0.1) is 6.92 Å². The van der Waals surface area contributed by atoms with Crippen molar-refractivity contribution >= 4 is 35.0 Å². The lowest BCUT2D eigenvalue weighted by Crippen LogP contribution is -2.14. The van der Waals surface area contributed by atoms with Crippen molar-refractivity contribution in [1.82, 2.24) is 9.97 Å². The molecule has 0 spiro atoms. The number of anilines is 1. The number of aldehydes is 1. The molecule has 100 valence electrons. The molecular formula is C12H12ClN3O2S. The summed E-state index contributed by atoms with van der Waals surface area (Å²) in [6, 6.07) is 1.84. The van der Waals surface area contributed by atoms with Crippen LogP contribution in [0.1, 0.15) is 27.8 Å². The van der Waals surface area contributed by atoms with Gasteiger partial charge in [-0.1, -0.05) is 11.6 Å². The number of carbonyl (C=O) groups is 1. The maximum atomic E-state index is 11.0. The normalized spacial score (nSPS) is 12.2. The number of hydrogen-bond donors (Lipinski definition) is 2. The molecule has 0 aromatic carbocycles. The molecule has 2 heterocycles. The number of carbonyl (C=O) groups excluding carboxylic acids is 1. The van der Waals surface area contributed by atoms with E-state index in [4.69, 9.17) is 11.6 Å². The van der Waals surface area contributed by atoms with Crippen LogP contribution in [-0.2, 0) is 0 Å². The van der Waals surface area contributed by atoms with Crippen LogP contribution in [-0.4, -0.2) is 27.9 Å². The van der Waals surface area contributed by atoms with E-state index in [0.29, 0.717) is 17.9 Å². The van der Waals surface area contributed by atoms with Gasteiger partial charge in [0.25, 0.3) is 0 Å². The number of thiophene rings is 1. The minimum absolute atomic E-state index is 0.107. The van der Waals surface area contributed by atoms with Crippen molar-refractivity contribution in [3.63, 3.8) is 0 Å². The summed E-state index contributed by atoms with van der Waals surface area (Å²) in [6.45, 7) is 1.92. The third-order valence-corrected chi connectivity index (χ3v) is 3.51. The van der Waals surface area contributed by atoms with Gasteiger partial charge in [0.05, 0.1) is 11.7 Å². The highest BCUT2D eigenvalue weighted by Crippen LogP contribution is 2.21. The number of aliphatic hydroxyl groups is 1. The first-order valence-electron chi connectivity index (χ1n) is 5.55. The number of aromatic nitrogens is 2. The fourth-order valence-corrected chi connectivity index (χ4v) is 2.53. The van der Waals surface area contributed by atoms with E-state index in [0.717, 1.165) is 5.56 Å². The summed E-state index contributed by atoms with van der Waals surface area (Å²) in [7, 11) is 0. The van der Waals surface area contributed by atoms with Crippen LogP contribution in [0.25, 0.3) is 0 Å². The Balaban J connectivity index is 2.13. The second kappa shape index (κ2) is 6.10. The average molecular weight is 298 g/mol. The van der Waals surface area contributed by atoms with Crippen LogP contribution in [0.3, 0.4) is 0 Å². The van der Waals surface area contributed by atoms with Crippen molar-refractivity contribution < 1.29 is 9.90 Å². The molecule has 0 saturated carbocycles. The summed E-state index contributed by atoms with van der Waals surface area (Å²) in [5.74, 6) is 0.796. The standard InChI is InChI=1S/C12H12ClN3O2S/c1-7-15-11(13)9(5-17)12(16-7)14-4-10(18)8-2-3-19-6-8/h2-3,5-6,10,18H,4H2,1H3,(H,14,15,16). The molecule has 1 atom stereocenters. The van der Waals surface area contributed by atoms with E-state index < -0.39 is 6.10 Å². The van der Waals surface area contributed by atoms with Crippen LogP contribution in [0.15, 0.2) is 16.8 Å². The minimum atomic E-state index is -0.667. The van der Waals surface area contributed by atoms with E-state index in [1.54, 1.807) is 6.92 Å². The summed E-state index contributed by atoms with van der Waals surface area (Å²) in [6.07, 6.45) is -0.0686. The number of halogens is 1. The molecule has 0 amide bonds. The van der Waals surface area contributed by atoms with Gasteiger partial charge in [0.15, 0.2) is 6.29 Å². The van der Waals surface area contributed by atoms with Crippen LogP contribution in [0.4, 0.5) is 5.82 Å². The Morgan fingerprint density at radius 3 is 3.00 bits per heavy atom. The van der Waals surface area contributed by atoms with E-state index in [-0.39, 0.29) is 17.3 Å². The van der Waals surface area contributed by atoms with Crippen molar-refractivity contribution in [2.75, 3.05) is 11.9 Å². The first kappa shape index (κ1) is 13.9. The lowest BCUT2D eigenvalue weighted by molar-refractivity contribution is 0.112. The number of nitrogens with one attached hydrogen (secondary N) is 1. The van der Waals surface area contributed by atoms with Gasteiger partial charge >= 0.3 is 0 Å². The molecule has 0 fully saturated rings. The molecule has 19 heavy (non-hydrogen) atoms. The van der Waals surface area contributed by atoms with Crippen LogP contribution in [0.2, 0.25) is 5.15 Å². The smallest absolute Gasteiger partial charge is 0.156 e. The van der Waals surface area contributed by atoms with E-state index in [1.807, 2.05) is 16.8 Å². The molecule has 0 aliphatic carbocycles. The van der Waals surface area contributed by atoms with Gasteiger partial charge in [0.1, 0.15) is 16.8 Å². The lowest BCUT2D eigenvalue weighted by atomic mass is 10.2. The molecule has 0 saturated heterocycles. The third kappa shape index (κ3) is 3.28. The Morgan fingerprint density at radius 1 is 1.58 bits per heavy atom. The highest BCUT2D eigenvalue weighted by atomic mass is 35.5. The summed E-state index contributed by atoms with van der Waals surface area (Å²) >= 11 is 7.38. The van der Waals surface area contributed by atoms with Gasteiger partial charge < -0.3 is 10.4 Å². The van der Waals surface area contributed by atoms with Gasteiger partial charge in [-0.3, -0.25) is 4.79 Å². The van der Waals surface area contributed by atoms with Crippen molar-refractivity contribution in [2.45, 2.75) is 13.0 Å². The Morgan fingerprint density at radius 2 is 2.37 bits per heavy atom. The molecule has 2 aromatic heterocycles. The molecule has 2 N–H and O–H groups in total. The van der Waals surface area contributed by atoms with E-state index in [1.165, 1.54) is 11.3 Å². The van der Waals surface area contributed by atoms with Gasteiger partial charge in [-0.2, -0.15) is 11.3 Å². The maximum absolute atomic E-state index is 11.0. The highest BCUT2D eigenvalue weighted by Gasteiger charge is 2.13. The van der Waals surface area contributed by atoms with Crippen LogP contribution in [0.5, 0.6) is 0 Å². The summed E-state index contributed by atoms with van der Waals surface area (Å²) in [4.78, 5) is 19.0. The maximum Gasteiger partial charge on any atom is 0.156 e. The number of hydrogen-bond acceptors (Lipinski definition) is 6. The van der Waals surface area contributed by atoms with E-state index in [2.05, 4.69) is 15.3 Å². The van der Waals surface area contributed by atoms with Gasteiger partial charge in [0.2, 0.25) is 0 Å². The second-order valence-electron chi connectivity index (χ2n) is 3.90. The molecule has 1 unspecified atom stereocenters. The quantitative estimate of drug-likeness (QED) is 0.655. The molecule has 0 aliphatic rings. The van der Waals surface area contributed by atoms with Gasteiger partial charge in [-0.15, -0.1) is 0 Å². The van der Waals surface area contributed by atoms with E-state index in [9.17, 15) is 9.90 Å². The average Bonchev–Trinajstić information content (AvgIpc) is 2.89. The largest absolute Gasteiger partial charge is 0.387 e. The van der Waals surface area contributed by atoms with Crippen molar-refractivity contribution in [3.8, 4) is 0 Å². The molecular weight excluding hydrogens is 286 g/mol. The zero-order chi connectivity index (χ0) is 13.8. The van der Waals surface area contributed by atoms with Crippen LogP contribution < -0.4 is 5.32 Å². The first-order chi connectivity index (χ1) is 9.11. The number of nitrogens with zero attached hydrogens (tertiary/aromatic N) is 2. The minimum Gasteiger partial charge on any atom is -0.387 e. The molecule has 0 bridgehead atoms. The summed E-state index contributed by atoms with van der Waals surface area (Å²) in [5, 5.41) is 16.7. The van der Waals surface area contributed by atoms with E-state index >= 15 is 0 Å². The lowest BCUT2D eigenvalue weighted by Gasteiger charge is -2.13. The topological polar surface area (TPSA) is 75.1 Å². The predicted octanol–water partition coefficient (Wildman–Crippen LogP) is 2.46. The Bertz CT molecular complexity index is 575. The second-order valence-corrected chi connectivity index (χ2v) is 5.03. The monoisotopic (exact) mass is 297 g/mol. The molecule has 7 heteroatoms. The van der Waals surface area contributed by atoms with Crippen LogP contribution >= 0.6 is 22.9 Å². The van der Waals surface area contributed by atoms with Crippen molar-refractivity contribution in [1.29, 1.82) is 0 Å². The molecule has 2 rings (SSSR count). The van der Waals surface area contributed by atoms with Crippen molar-refractivity contribution in [3.05, 3.63) is 38.9 Å². The Kier molecular flexibility index (Phi) is 4.47. The number of aliphatic hydroxyl groups excluding tert-OH is 1. The molecule has 0 radical (unpaired) electrons. The molecule has 0 aliphatic heterocycles. The number of rotatable bonds is 5. The SMILES string of the molecule is Cc1nc(Cl)c(C=O)c(NCC(O)c2ccsc2)n1. The first-order valence-corrected chi connectivity index (χ1v) is 6.87. The Labute approximate surface area is 119 Å². The fraction of sp³-hybridized carbons (Fsp3) is 0.250. The predicted molar refractivity (Wildman–Crippen MR) is 74.9 cm³/mol.